The van der Waals surface area contributed by atoms with Gasteiger partial charge in [-0.25, -0.2) is 9.18 Å². The number of alkyl carbamates (subject to hydrolysis) is 1. The first-order chi connectivity index (χ1) is 10.9. The van der Waals surface area contributed by atoms with Gasteiger partial charge in [-0.2, -0.15) is 0 Å². The third-order valence-electron chi connectivity index (χ3n) is 3.44. The first-order valence-electron chi connectivity index (χ1n) is 7.83. The van der Waals surface area contributed by atoms with Crippen molar-refractivity contribution in [3.05, 3.63) is 0 Å². The third-order valence-corrected chi connectivity index (χ3v) is 4.06. The van der Waals surface area contributed by atoms with Crippen molar-refractivity contribution in [2.75, 3.05) is 13.3 Å². The molecule has 0 spiro atoms. The Balaban J connectivity index is 2.21. The molecule has 0 heterocycles. The molecule has 9 heteroatoms. The molecule has 1 saturated carbocycles. The van der Waals surface area contributed by atoms with Crippen molar-refractivity contribution >= 4 is 20.1 Å². The number of hydrogen-bond donors (Lipinski definition) is 1. The summed E-state index contributed by atoms with van der Waals surface area (Å²) >= 11 is 0. The lowest BCUT2D eigenvalue weighted by atomic mass is 9.89. The molecule has 1 fully saturated rings. The number of nitrogens with one attached hydrogen (secondary N) is 1. The van der Waals surface area contributed by atoms with E-state index in [4.69, 9.17) is 14.0 Å². The van der Waals surface area contributed by atoms with Crippen LogP contribution in [-0.2, 0) is 23.4 Å². The van der Waals surface area contributed by atoms with Crippen LogP contribution in [0.25, 0.3) is 0 Å². The number of halogens is 1. The molecule has 0 bridgehead atoms. The maximum Gasteiger partial charge on any atom is 0.412 e. The standard InChI is InChI=1S/C14H25FNO6P/c1-10(21-13(17)11-6-4-3-5-7-11)22-14(18)16-12(15)8-9-20-23(2)19/h10-12,23H,3-9H2,1-2H3,(H,16,18). The molecule has 0 saturated heterocycles. The smallest absolute Gasteiger partial charge is 0.412 e. The first-order valence-corrected chi connectivity index (χ1v) is 9.65. The summed E-state index contributed by atoms with van der Waals surface area (Å²) in [4.78, 5) is 23.3. The maximum atomic E-state index is 13.4. The lowest BCUT2D eigenvalue weighted by Crippen LogP contribution is -2.36. The average Bonchev–Trinajstić information content (AvgIpc) is 2.47. The van der Waals surface area contributed by atoms with Crippen molar-refractivity contribution in [1.82, 2.24) is 5.32 Å². The van der Waals surface area contributed by atoms with Crippen LogP contribution in [0.3, 0.4) is 0 Å². The van der Waals surface area contributed by atoms with Gasteiger partial charge in [-0.15, -0.1) is 0 Å². The van der Waals surface area contributed by atoms with Crippen LogP contribution < -0.4 is 5.32 Å². The van der Waals surface area contributed by atoms with E-state index in [9.17, 15) is 18.5 Å². The van der Waals surface area contributed by atoms with Gasteiger partial charge in [0, 0.05) is 20.0 Å². The van der Waals surface area contributed by atoms with E-state index in [0.717, 1.165) is 32.1 Å². The van der Waals surface area contributed by atoms with Gasteiger partial charge in [-0.05, 0) is 12.8 Å². The van der Waals surface area contributed by atoms with E-state index in [1.54, 1.807) is 0 Å². The Morgan fingerprint density at radius 3 is 2.52 bits per heavy atom. The zero-order chi connectivity index (χ0) is 17.2. The quantitative estimate of drug-likeness (QED) is 0.312. The van der Waals surface area contributed by atoms with Crippen molar-refractivity contribution in [3.63, 3.8) is 0 Å². The zero-order valence-electron chi connectivity index (χ0n) is 13.5. The van der Waals surface area contributed by atoms with Crippen molar-refractivity contribution in [3.8, 4) is 0 Å². The number of carbonyl (C=O) groups excluding carboxylic acids is 2. The predicted molar refractivity (Wildman–Crippen MR) is 82.1 cm³/mol. The van der Waals surface area contributed by atoms with Crippen molar-refractivity contribution in [2.45, 2.75) is 58.0 Å². The molecule has 0 aromatic rings. The molecule has 0 aromatic heterocycles. The van der Waals surface area contributed by atoms with Crippen LogP contribution in [0, 0.1) is 5.92 Å². The van der Waals surface area contributed by atoms with Crippen LogP contribution in [0.2, 0.25) is 0 Å². The fourth-order valence-corrected chi connectivity index (χ4v) is 2.72. The number of hydrogen-bond acceptors (Lipinski definition) is 6. The number of amides is 1. The van der Waals surface area contributed by atoms with Gasteiger partial charge in [0.25, 0.3) is 0 Å². The topological polar surface area (TPSA) is 90.9 Å². The Labute approximate surface area is 136 Å². The number of ether oxygens (including phenoxy) is 2. The number of alkyl halides is 1. The summed E-state index contributed by atoms with van der Waals surface area (Å²) in [5.74, 6) is -0.538. The Bertz CT molecular complexity index is 416. The molecule has 1 aliphatic carbocycles. The van der Waals surface area contributed by atoms with Crippen LogP contribution in [0.15, 0.2) is 0 Å². The van der Waals surface area contributed by atoms with Crippen molar-refractivity contribution in [1.29, 1.82) is 0 Å². The molecular formula is C14H25FNO6P. The lowest BCUT2D eigenvalue weighted by molar-refractivity contribution is -0.171. The molecule has 0 radical (unpaired) electrons. The second-order valence-corrected chi connectivity index (χ2v) is 6.76. The second-order valence-electron chi connectivity index (χ2n) is 5.49. The van der Waals surface area contributed by atoms with Crippen molar-refractivity contribution < 1.29 is 32.5 Å². The molecule has 3 unspecified atom stereocenters. The molecule has 3 atom stereocenters. The number of rotatable bonds is 8. The minimum atomic E-state index is -2.12. The van der Waals surface area contributed by atoms with Gasteiger partial charge in [0.05, 0.1) is 12.5 Å². The Kier molecular flexibility index (Phi) is 9.17. The molecule has 1 aliphatic rings. The molecule has 1 amide bonds. The van der Waals surface area contributed by atoms with Gasteiger partial charge in [0.2, 0.25) is 6.29 Å². The molecule has 23 heavy (non-hydrogen) atoms. The summed E-state index contributed by atoms with van der Waals surface area (Å²) in [5, 5.41) is 1.95. The SMILES string of the molecule is CC(OC(=O)NC(F)CCO[PH](C)=O)OC(=O)C1CCCCC1. The summed E-state index contributed by atoms with van der Waals surface area (Å²) in [6.45, 7) is 2.73. The van der Waals surface area contributed by atoms with E-state index >= 15 is 0 Å². The van der Waals surface area contributed by atoms with Gasteiger partial charge >= 0.3 is 12.1 Å². The van der Waals surface area contributed by atoms with Gasteiger partial charge in [0.1, 0.15) is 0 Å². The first kappa shape index (κ1) is 19.9. The number of esters is 1. The van der Waals surface area contributed by atoms with E-state index in [1.807, 2.05) is 5.32 Å². The van der Waals surface area contributed by atoms with Crippen LogP contribution in [0.4, 0.5) is 9.18 Å². The molecule has 1 rings (SSSR count). The van der Waals surface area contributed by atoms with E-state index in [-0.39, 0.29) is 24.9 Å². The molecule has 0 aliphatic heterocycles. The highest BCUT2D eigenvalue weighted by molar-refractivity contribution is 7.38. The monoisotopic (exact) mass is 353 g/mol. The third kappa shape index (κ3) is 8.91. The molecule has 0 aromatic carbocycles. The van der Waals surface area contributed by atoms with Crippen LogP contribution in [0.5, 0.6) is 0 Å². The largest absolute Gasteiger partial charge is 0.425 e. The van der Waals surface area contributed by atoms with E-state index in [1.165, 1.54) is 13.6 Å². The second kappa shape index (κ2) is 10.6. The summed E-state index contributed by atoms with van der Waals surface area (Å²) in [6, 6.07) is 0. The van der Waals surface area contributed by atoms with Crippen LogP contribution in [0.1, 0.15) is 45.4 Å². The van der Waals surface area contributed by atoms with E-state index in [0.29, 0.717) is 0 Å². The normalized spacial score (nSPS) is 19.4. The predicted octanol–water partition coefficient (Wildman–Crippen LogP) is 2.99. The van der Waals surface area contributed by atoms with Crippen LogP contribution in [-0.4, -0.2) is 37.9 Å². The highest BCUT2D eigenvalue weighted by atomic mass is 31.1. The summed E-state index contributed by atoms with van der Waals surface area (Å²) in [5.41, 5.74) is 0. The van der Waals surface area contributed by atoms with E-state index < -0.39 is 26.7 Å². The summed E-state index contributed by atoms with van der Waals surface area (Å²) in [7, 11) is -2.12. The Hall–Kier alpha value is -1.14. The fraction of sp³-hybridized carbons (Fsp3) is 0.857. The van der Waals surface area contributed by atoms with Crippen molar-refractivity contribution in [2.24, 2.45) is 5.92 Å². The van der Waals surface area contributed by atoms with Gasteiger partial charge in [-0.1, -0.05) is 19.3 Å². The van der Waals surface area contributed by atoms with Crippen LogP contribution >= 0.6 is 8.03 Å². The minimum Gasteiger partial charge on any atom is -0.425 e. The average molecular weight is 353 g/mol. The molecule has 1 N–H and O–H groups in total. The van der Waals surface area contributed by atoms with E-state index in [2.05, 4.69) is 0 Å². The van der Waals surface area contributed by atoms with Gasteiger partial charge in [0.15, 0.2) is 14.3 Å². The number of carbonyl (C=O) groups is 2. The molecule has 7 nitrogen and oxygen atoms in total. The summed E-state index contributed by atoms with van der Waals surface area (Å²) < 4.78 is 38.7. The molecule has 134 valence electrons. The molecular weight excluding hydrogens is 328 g/mol. The highest BCUT2D eigenvalue weighted by Crippen LogP contribution is 2.25. The zero-order valence-corrected chi connectivity index (χ0v) is 14.5. The Morgan fingerprint density at radius 2 is 1.91 bits per heavy atom. The highest BCUT2D eigenvalue weighted by Gasteiger charge is 2.25. The maximum absolute atomic E-state index is 13.4. The lowest BCUT2D eigenvalue weighted by Gasteiger charge is -2.22. The summed E-state index contributed by atoms with van der Waals surface area (Å²) in [6.07, 6.45) is 0.727. The fourth-order valence-electron chi connectivity index (χ4n) is 2.31. The Morgan fingerprint density at radius 1 is 1.26 bits per heavy atom. The minimum absolute atomic E-state index is 0.0675. The van der Waals surface area contributed by atoms with Gasteiger partial charge in [-0.3, -0.25) is 14.7 Å². The van der Waals surface area contributed by atoms with Gasteiger partial charge < -0.3 is 14.0 Å².